The molecule has 0 aromatic rings. The summed E-state index contributed by atoms with van der Waals surface area (Å²) in [6, 6.07) is 0. The van der Waals surface area contributed by atoms with Crippen molar-refractivity contribution < 1.29 is 42.5 Å². The standard InChI is InChI=1S/C2H6O3S2.Na/c1-2-6-7(3,4)5;/h2H2,1H3,(H,3,4,5);/q;+1/p-1. The van der Waals surface area contributed by atoms with Crippen LogP contribution in [0.15, 0.2) is 0 Å². The van der Waals surface area contributed by atoms with Gasteiger partial charge in [0.25, 0.3) is 0 Å². The van der Waals surface area contributed by atoms with Crippen molar-refractivity contribution in [2.75, 3.05) is 5.75 Å². The van der Waals surface area contributed by atoms with Gasteiger partial charge in [-0.15, -0.1) is 0 Å². The quantitative estimate of drug-likeness (QED) is 0.251. The van der Waals surface area contributed by atoms with Gasteiger partial charge < -0.3 is 4.55 Å². The molecule has 0 radical (unpaired) electrons. The molecule has 0 amide bonds. The predicted molar refractivity (Wildman–Crippen MR) is 27.8 cm³/mol. The maximum Gasteiger partial charge on any atom is 1.00 e. The number of rotatable bonds is 2. The van der Waals surface area contributed by atoms with Crippen molar-refractivity contribution in [3.63, 3.8) is 0 Å². The molecule has 0 rings (SSSR count). The minimum atomic E-state index is -4.01. The Kier molecular flexibility index (Phi) is 7.61. The van der Waals surface area contributed by atoms with Crippen LogP contribution in [0.25, 0.3) is 0 Å². The van der Waals surface area contributed by atoms with Crippen molar-refractivity contribution in [3.8, 4) is 0 Å². The topological polar surface area (TPSA) is 57.2 Å². The molecule has 0 aromatic heterocycles. The van der Waals surface area contributed by atoms with Crippen LogP contribution in [0.1, 0.15) is 6.92 Å². The summed E-state index contributed by atoms with van der Waals surface area (Å²) in [5, 5.41) is 0. The van der Waals surface area contributed by atoms with Gasteiger partial charge in [-0.05, 0) is 10.8 Å². The summed E-state index contributed by atoms with van der Waals surface area (Å²) < 4.78 is 28.9. The second kappa shape index (κ2) is 5.08. The van der Waals surface area contributed by atoms with Gasteiger partial charge in [-0.3, -0.25) is 0 Å². The fourth-order valence-corrected chi connectivity index (χ4v) is 1.30. The first-order valence-corrected chi connectivity index (χ1v) is 4.57. The van der Waals surface area contributed by atoms with Crippen LogP contribution < -0.4 is 29.6 Å². The second-order valence-corrected chi connectivity index (χ2v) is 4.38. The van der Waals surface area contributed by atoms with Crippen molar-refractivity contribution >= 4 is 19.9 Å². The van der Waals surface area contributed by atoms with E-state index in [4.69, 9.17) is 0 Å². The fraction of sp³-hybridized carbons (Fsp3) is 1.00. The molecule has 0 aliphatic heterocycles. The van der Waals surface area contributed by atoms with Gasteiger partial charge in [0.2, 0.25) is 0 Å². The maximum atomic E-state index is 9.64. The SMILES string of the molecule is CCSS(=O)(=O)[O-].[Na+]. The van der Waals surface area contributed by atoms with Gasteiger partial charge in [0.05, 0.1) is 0 Å². The molecular formula is C2H5NaO3S2. The Hall–Kier alpha value is 1.26. The molecule has 0 aromatic carbocycles. The Bertz CT molecular complexity index is 128. The van der Waals surface area contributed by atoms with Crippen LogP contribution in [0.3, 0.4) is 0 Å². The fourth-order valence-electron chi connectivity index (χ4n) is 0.144. The minimum absolute atomic E-state index is 0. The molecule has 3 nitrogen and oxygen atoms in total. The van der Waals surface area contributed by atoms with E-state index in [0.717, 1.165) is 0 Å². The van der Waals surface area contributed by atoms with Gasteiger partial charge in [0.1, 0.15) is 9.15 Å². The van der Waals surface area contributed by atoms with E-state index >= 15 is 0 Å². The van der Waals surface area contributed by atoms with E-state index in [-0.39, 0.29) is 29.6 Å². The number of hydrogen-bond donors (Lipinski definition) is 0. The van der Waals surface area contributed by atoms with Gasteiger partial charge in [-0.1, -0.05) is 6.92 Å². The molecule has 0 N–H and O–H groups in total. The Morgan fingerprint density at radius 2 is 2.00 bits per heavy atom. The first-order valence-electron chi connectivity index (χ1n) is 1.66. The average molecular weight is 164 g/mol. The molecule has 0 unspecified atom stereocenters. The summed E-state index contributed by atoms with van der Waals surface area (Å²) in [6.45, 7) is 1.61. The van der Waals surface area contributed by atoms with Gasteiger partial charge in [0, 0.05) is 5.75 Å². The zero-order chi connectivity index (χ0) is 5.91. The zero-order valence-electron chi connectivity index (χ0n) is 4.75. The summed E-state index contributed by atoms with van der Waals surface area (Å²) in [5.41, 5.74) is 0. The van der Waals surface area contributed by atoms with Crippen LogP contribution in [0, 0.1) is 0 Å². The summed E-state index contributed by atoms with van der Waals surface area (Å²) in [6.07, 6.45) is 0. The molecular weight excluding hydrogens is 159 g/mol. The molecule has 0 aliphatic carbocycles. The normalized spacial score (nSPS) is 10.2. The summed E-state index contributed by atoms with van der Waals surface area (Å²) in [7, 11) is -3.60. The van der Waals surface area contributed by atoms with Gasteiger partial charge in [-0.25, -0.2) is 8.42 Å². The Morgan fingerprint density at radius 1 is 1.62 bits per heavy atom. The molecule has 0 saturated heterocycles. The predicted octanol–water partition coefficient (Wildman–Crippen LogP) is -2.80. The molecule has 0 fully saturated rings. The van der Waals surface area contributed by atoms with Gasteiger partial charge in [0.15, 0.2) is 0 Å². The first-order chi connectivity index (χ1) is 3.06. The molecule has 0 atom stereocenters. The van der Waals surface area contributed by atoms with E-state index < -0.39 is 9.15 Å². The van der Waals surface area contributed by atoms with Crippen molar-refractivity contribution in [1.29, 1.82) is 0 Å². The number of hydrogen-bond acceptors (Lipinski definition) is 4. The van der Waals surface area contributed by atoms with E-state index in [0.29, 0.717) is 16.5 Å². The van der Waals surface area contributed by atoms with Crippen molar-refractivity contribution in [2.24, 2.45) is 0 Å². The third-order valence-electron chi connectivity index (χ3n) is 0.262. The zero-order valence-corrected chi connectivity index (χ0v) is 8.38. The van der Waals surface area contributed by atoms with E-state index in [2.05, 4.69) is 0 Å². The third kappa shape index (κ3) is 10.3. The van der Waals surface area contributed by atoms with Crippen LogP contribution in [0.4, 0.5) is 0 Å². The van der Waals surface area contributed by atoms with Crippen LogP contribution in [-0.2, 0) is 9.15 Å². The van der Waals surface area contributed by atoms with Crippen molar-refractivity contribution in [1.82, 2.24) is 0 Å². The van der Waals surface area contributed by atoms with Crippen molar-refractivity contribution in [3.05, 3.63) is 0 Å². The van der Waals surface area contributed by atoms with E-state index in [1.165, 1.54) is 0 Å². The second-order valence-electron chi connectivity index (χ2n) is 0.815. The molecule has 0 spiro atoms. The molecule has 44 valence electrons. The molecule has 6 heteroatoms. The Morgan fingerprint density at radius 3 is 2.00 bits per heavy atom. The first kappa shape index (κ1) is 12.0. The molecule has 0 bridgehead atoms. The van der Waals surface area contributed by atoms with Crippen LogP contribution in [0.5, 0.6) is 0 Å². The van der Waals surface area contributed by atoms with E-state index in [9.17, 15) is 13.0 Å². The van der Waals surface area contributed by atoms with Crippen molar-refractivity contribution in [2.45, 2.75) is 6.92 Å². The third-order valence-corrected chi connectivity index (χ3v) is 2.36. The molecule has 8 heavy (non-hydrogen) atoms. The monoisotopic (exact) mass is 164 g/mol. The summed E-state index contributed by atoms with van der Waals surface area (Å²) in [4.78, 5) is 0. The van der Waals surface area contributed by atoms with E-state index in [1.54, 1.807) is 6.92 Å². The average Bonchev–Trinajstić information content (AvgIpc) is 1.30. The molecule has 0 heterocycles. The smallest absolute Gasteiger partial charge is 0.739 e. The Labute approximate surface area is 74.7 Å². The largest absolute Gasteiger partial charge is 1.00 e. The molecule has 0 saturated carbocycles. The maximum absolute atomic E-state index is 9.64. The van der Waals surface area contributed by atoms with Crippen LogP contribution in [0.2, 0.25) is 0 Å². The minimum Gasteiger partial charge on any atom is -0.739 e. The molecule has 0 aliphatic rings. The Balaban J connectivity index is 0. The summed E-state index contributed by atoms with van der Waals surface area (Å²) >= 11 is 0. The van der Waals surface area contributed by atoms with Gasteiger partial charge >= 0.3 is 29.6 Å². The summed E-state index contributed by atoms with van der Waals surface area (Å²) in [5.74, 6) is 0.325. The van der Waals surface area contributed by atoms with Crippen LogP contribution >= 0.6 is 10.8 Å². The van der Waals surface area contributed by atoms with Gasteiger partial charge in [-0.2, -0.15) is 0 Å². The van der Waals surface area contributed by atoms with E-state index in [1.807, 2.05) is 0 Å². The van der Waals surface area contributed by atoms with Crippen LogP contribution in [-0.4, -0.2) is 18.7 Å².